The Kier molecular flexibility index (Phi) is 2.78. The van der Waals surface area contributed by atoms with Gasteiger partial charge in [-0.25, -0.2) is 0 Å². The van der Waals surface area contributed by atoms with Gasteiger partial charge in [0, 0.05) is 0 Å². The quantitative estimate of drug-likeness (QED) is 0.713. The van der Waals surface area contributed by atoms with E-state index in [1.54, 1.807) is 11.3 Å². The van der Waals surface area contributed by atoms with Crippen LogP contribution in [-0.4, -0.2) is 23.4 Å². The first-order chi connectivity index (χ1) is 7.20. The zero-order valence-electron chi connectivity index (χ0n) is 8.82. The van der Waals surface area contributed by atoms with Gasteiger partial charge in [-0.1, -0.05) is 0 Å². The van der Waals surface area contributed by atoms with Gasteiger partial charge in [0.1, 0.15) is 0 Å². The van der Waals surface area contributed by atoms with Crippen molar-refractivity contribution in [2.75, 3.05) is 0 Å². The van der Waals surface area contributed by atoms with E-state index < -0.39 is 0 Å². The third-order valence-corrected chi connectivity index (χ3v) is 3.07. The van der Waals surface area contributed by atoms with Gasteiger partial charge in [0.15, 0.2) is 0 Å². The Morgan fingerprint density at radius 1 is 1.33 bits per heavy atom. The summed E-state index contributed by atoms with van der Waals surface area (Å²) in [6, 6.07) is 4.06. The number of rotatable bonds is 2. The van der Waals surface area contributed by atoms with Crippen molar-refractivity contribution >= 4 is 24.8 Å². The number of nitrogens with zero attached hydrogens (tertiary/aromatic N) is 2. The van der Waals surface area contributed by atoms with E-state index in [2.05, 4.69) is 28.9 Å². The van der Waals surface area contributed by atoms with Crippen molar-refractivity contribution in [3.63, 3.8) is 0 Å². The number of aryl methyl sites for hydroxylation is 2. The van der Waals surface area contributed by atoms with Crippen LogP contribution in [0.25, 0.3) is 10.6 Å². The van der Waals surface area contributed by atoms with Gasteiger partial charge in [-0.3, -0.25) is 0 Å². The van der Waals surface area contributed by atoms with Crippen LogP contribution < -0.4 is 0 Å². The molecule has 0 unspecified atom stereocenters. The van der Waals surface area contributed by atoms with E-state index in [0.29, 0.717) is 0 Å². The fourth-order valence-corrected chi connectivity index (χ4v) is 2.38. The average molecular weight is 214 g/mol. The molecule has 2 aromatic heterocycles. The molecular formula is C11H11BN2S. The molecule has 0 aromatic carbocycles. The second kappa shape index (κ2) is 4.07. The van der Waals surface area contributed by atoms with Crippen molar-refractivity contribution in [1.82, 2.24) is 9.97 Å². The molecule has 2 aromatic rings. The van der Waals surface area contributed by atoms with Gasteiger partial charge in [0.2, 0.25) is 0 Å². The van der Waals surface area contributed by atoms with Crippen LogP contribution in [0, 0.1) is 13.8 Å². The van der Waals surface area contributed by atoms with Gasteiger partial charge >= 0.3 is 93.8 Å². The van der Waals surface area contributed by atoms with E-state index in [4.69, 9.17) is 0 Å². The Bertz CT molecular complexity index is 485. The average Bonchev–Trinajstić information content (AvgIpc) is 2.63. The standard InChI is InChI=1S/C11H11BN2S/c1-7-5-10(14-8(2)13-7)11-9(6-12)3-4-15-11/h3-6,12H,1-2H3. The Labute approximate surface area is 94.1 Å². The normalized spacial score (nSPS) is 10.2. The van der Waals surface area contributed by atoms with Crippen LogP contribution in [0.3, 0.4) is 0 Å². The molecule has 74 valence electrons. The van der Waals surface area contributed by atoms with Crippen LogP contribution in [0.4, 0.5) is 0 Å². The monoisotopic (exact) mass is 214 g/mol. The number of thiophene rings is 1. The Morgan fingerprint density at radius 3 is 2.80 bits per heavy atom. The first kappa shape index (κ1) is 10.2. The van der Waals surface area contributed by atoms with Crippen molar-refractivity contribution in [2.24, 2.45) is 0 Å². The fourth-order valence-electron chi connectivity index (χ4n) is 1.52. The second-order valence-electron chi connectivity index (χ2n) is 3.35. The van der Waals surface area contributed by atoms with Crippen molar-refractivity contribution in [3.8, 4) is 10.6 Å². The molecule has 0 bridgehead atoms. The van der Waals surface area contributed by atoms with Crippen LogP contribution in [0.2, 0.25) is 0 Å². The van der Waals surface area contributed by atoms with Crippen LogP contribution in [0.5, 0.6) is 0 Å². The van der Waals surface area contributed by atoms with E-state index in [-0.39, 0.29) is 0 Å². The Hall–Kier alpha value is -1.29. The first-order valence-corrected chi connectivity index (χ1v) is 5.61. The third kappa shape index (κ3) is 2.05. The third-order valence-electron chi connectivity index (χ3n) is 2.11. The van der Waals surface area contributed by atoms with Crippen LogP contribution >= 0.6 is 11.3 Å². The summed E-state index contributed by atoms with van der Waals surface area (Å²) in [7, 11) is 3.80. The predicted molar refractivity (Wildman–Crippen MR) is 67.1 cm³/mol. The summed E-state index contributed by atoms with van der Waals surface area (Å²) < 4.78 is 0. The SMILES string of the molecule is B=Cc1ccsc1-c1cc(C)nc(C)n1. The first-order valence-electron chi connectivity index (χ1n) is 4.73. The summed E-state index contributed by atoms with van der Waals surface area (Å²) in [5.74, 6) is 2.67. The molecule has 15 heavy (non-hydrogen) atoms. The minimum atomic E-state index is 0.813. The van der Waals surface area contributed by atoms with Crippen molar-refractivity contribution < 1.29 is 0 Å². The van der Waals surface area contributed by atoms with E-state index >= 15 is 0 Å². The molecule has 0 saturated heterocycles. The zero-order chi connectivity index (χ0) is 10.8. The van der Waals surface area contributed by atoms with Crippen LogP contribution in [0.1, 0.15) is 17.1 Å². The van der Waals surface area contributed by atoms with Gasteiger partial charge < -0.3 is 0 Å². The predicted octanol–water partition coefficient (Wildman–Crippen LogP) is 1.87. The van der Waals surface area contributed by atoms with Crippen molar-refractivity contribution in [1.29, 1.82) is 0 Å². The number of hydrogen-bond donors (Lipinski definition) is 0. The number of hydrogen-bond acceptors (Lipinski definition) is 3. The topological polar surface area (TPSA) is 25.8 Å². The molecule has 0 aliphatic heterocycles. The number of aromatic nitrogens is 2. The molecule has 2 nitrogen and oxygen atoms in total. The van der Waals surface area contributed by atoms with Crippen LogP contribution in [-0.2, 0) is 0 Å². The minimum absolute atomic E-state index is 0.813. The molecule has 0 fully saturated rings. The van der Waals surface area contributed by atoms with Crippen molar-refractivity contribution in [2.45, 2.75) is 13.8 Å². The van der Waals surface area contributed by atoms with Gasteiger partial charge in [0.25, 0.3) is 0 Å². The maximum absolute atomic E-state index is 4.44. The van der Waals surface area contributed by atoms with Crippen molar-refractivity contribution in [3.05, 3.63) is 34.6 Å². The second-order valence-corrected chi connectivity index (χ2v) is 4.27. The summed E-state index contributed by atoms with van der Waals surface area (Å²) in [5.41, 5.74) is 3.13. The van der Waals surface area contributed by atoms with Gasteiger partial charge in [-0.2, -0.15) is 0 Å². The Morgan fingerprint density at radius 2 is 2.13 bits per heavy atom. The Balaban J connectivity index is 2.58. The molecule has 0 spiro atoms. The van der Waals surface area contributed by atoms with E-state index in [9.17, 15) is 0 Å². The summed E-state index contributed by atoms with van der Waals surface area (Å²) in [6.45, 7) is 3.90. The van der Waals surface area contributed by atoms with E-state index in [1.807, 2.05) is 25.9 Å². The van der Waals surface area contributed by atoms with Gasteiger partial charge in [-0.15, -0.1) is 0 Å². The summed E-state index contributed by atoms with van der Waals surface area (Å²) in [6.07, 6.45) is 0. The van der Waals surface area contributed by atoms with Gasteiger partial charge in [-0.05, 0) is 0 Å². The maximum atomic E-state index is 4.44. The van der Waals surface area contributed by atoms with E-state index in [1.165, 1.54) is 4.88 Å². The molecule has 0 saturated carbocycles. The fraction of sp³-hybridized carbons (Fsp3) is 0.182. The molecule has 0 atom stereocenters. The molecular weight excluding hydrogens is 203 g/mol. The molecule has 0 aliphatic carbocycles. The summed E-state index contributed by atoms with van der Waals surface area (Å²) in [4.78, 5) is 9.87. The molecule has 2 heterocycles. The zero-order valence-corrected chi connectivity index (χ0v) is 9.64. The van der Waals surface area contributed by atoms with Gasteiger partial charge in [0.05, 0.1) is 0 Å². The molecule has 0 amide bonds. The van der Waals surface area contributed by atoms with Crippen LogP contribution in [0.15, 0.2) is 17.5 Å². The van der Waals surface area contributed by atoms with E-state index in [0.717, 1.165) is 22.8 Å². The molecule has 0 N–H and O–H groups in total. The molecule has 4 heteroatoms. The summed E-state index contributed by atoms with van der Waals surface area (Å²) in [5, 5.41) is 2.05. The molecule has 2 rings (SSSR count). The summed E-state index contributed by atoms with van der Waals surface area (Å²) >= 11 is 1.68. The molecule has 0 radical (unpaired) electrons. The molecule has 0 aliphatic rings.